The van der Waals surface area contributed by atoms with Crippen LogP contribution in [-0.4, -0.2) is 96.4 Å². The zero-order chi connectivity index (χ0) is 25.1. The van der Waals surface area contributed by atoms with Gasteiger partial charge in [-0.1, -0.05) is 18.2 Å². The van der Waals surface area contributed by atoms with E-state index >= 15 is 0 Å². The summed E-state index contributed by atoms with van der Waals surface area (Å²) in [5, 5.41) is 4.83. The molecule has 2 aromatic rings. The zero-order valence-electron chi connectivity index (χ0n) is 20.0. The van der Waals surface area contributed by atoms with Crippen LogP contribution in [0.3, 0.4) is 0 Å². The lowest BCUT2D eigenvalue weighted by Crippen LogP contribution is -2.50. The summed E-state index contributed by atoms with van der Waals surface area (Å²) in [5.41, 5.74) is 1.34. The quantitative estimate of drug-likeness (QED) is 0.598. The molecule has 0 spiro atoms. The van der Waals surface area contributed by atoms with Gasteiger partial charge < -0.3 is 24.9 Å². The second-order valence-corrected chi connectivity index (χ2v) is 9.88. The molecule has 0 aliphatic carbocycles. The third-order valence-corrected chi connectivity index (χ3v) is 7.15. The molecule has 3 aliphatic heterocycles. The molecule has 0 bridgehead atoms. The molecule has 5 rings (SSSR count). The van der Waals surface area contributed by atoms with Crippen molar-refractivity contribution in [1.29, 1.82) is 0 Å². The average Bonchev–Trinajstić information content (AvgIpc) is 3.21. The number of nitrogens with zero attached hydrogens (tertiary/aromatic N) is 6. The maximum Gasteiger partial charge on any atom is 0.321 e. The summed E-state index contributed by atoms with van der Waals surface area (Å²) in [6.07, 6.45) is 1.64. The van der Waals surface area contributed by atoms with Crippen LogP contribution >= 0.6 is 11.8 Å². The third kappa shape index (κ3) is 5.60. The molecule has 36 heavy (non-hydrogen) atoms. The van der Waals surface area contributed by atoms with Gasteiger partial charge in [-0.2, -0.15) is 4.98 Å². The Labute approximate surface area is 213 Å². The van der Waals surface area contributed by atoms with Gasteiger partial charge in [0.1, 0.15) is 5.82 Å². The number of likely N-dealkylation sites (N-methyl/N-ethyl adjacent to an activating group) is 1. The topological polar surface area (TPSA) is 114 Å². The fourth-order valence-electron chi connectivity index (χ4n) is 4.24. The predicted octanol–water partition coefficient (Wildman–Crippen LogP) is 1.91. The minimum absolute atomic E-state index is 0.132. The first-order chi connectivity index (χ1) is 17.4. The molecule has 4 amide bonds. The van der Waals surface area contributed by atoms with Gasteiger partial charge in [0.25, 0.3) is 11.1 Å². The number of carbonyl (C=O) groups excluding carboxylic acids is 3. The SMILES string of the molecule is CN1CCN(c2cc(/C=C3/SC(=O)NC3=O)nc(N3CCN(C(=O)Nc4ccccc4)CC3)n2)CC1. The van der Waals surface area contributed by atoms with E-state index in [9.17, 15) is 14.4 Å². The average molecular weight is 509 g/mol. The molecule has 1 aromatic carbocycles. The number of anilines is 3. The van der Waals surface area contributed by atoms with Crippen molar-refractivity contribution < 1.29 is 14.4 Å². The normalized spacial score (nSPS) is 20.1. The van der Waals surface area contributed by atoms with E-state index in [-0.39, 0.29) is 11.3 Å². The van der Waals surface area contributed by atoms with Gasteiger partial charge in [-0.3, -0.25) is 14.9 Å². The highest BCUT2D eigenvalue weighted by atomic mass is 32.2. The van der Waals surface area contributed by atoms with Crippen LogP contribution in [0, 0.1) is 0 Å². The maximum absolute atomic E-state index is 12.7. The molecule has 0 radical (unpaired) electrons. The van der Waals surface area contributed by atoms with E-state index in [4.69, 9.17) is 9.97 Å². The number of imide groups is 1. The largest absolute Gasteiger partial charge is 0.354 e. The first-order valence-electron chi connectivity index (χ1n) is 11.9. The van der Waals surface area contributed by atoms with Gasteiger partial charge >= 0.3 is 6.03 Å². The van der Waals surface area contributed by atoms with Gasteiger partial charge in [-0.05, 0) is 37.0 Å². The highest BCUT2D eigenvalue weighted by Gasteiger charge is 2.27. The number of carbonyl (C=O) groups is 3. The number of piperazine rings is 2. The van der Waals surface area contributed by atoms with E-state index in [2.05, 4.69) is 32.4 Å². The van der Waals surface area contributed by atoms with Crippen molar-refractivity contribution in [2.75, 3.05) is 74.5 Å². The fourth-order valence-corrected chi connectivity index (χ4v) is 4.91. The molecular weight excluding hydrogens is 480 g/mol. The van der Waals surface area contributed by atoms with Gasteiger partial charge in [-0.15, -0.1) is 0 Å². The summed E-state index contributed by atoms with van der Waals surface area (Å²) in [6, 6.07) is 11.1. The van der Waals surface area contributed by atoms with E-state index in [0.29, 0.717) is 42.7 Å². The van der Waals surface area contributed by atoms with Gasteiger partial charge in [0.15, 0.2) is 0 Å². The monoisotopic (exact) mass is 508 g/mol. The van der Waals surface area contributed by atoms with Crippen LogP contribution in [0.25, 0.3) is 6.08 Å². The van der Waals surface area contributed by atoms with Crippen LogP contribution in [0.1, 0.15) is 5.69 Å². The van der Waals surface area contributed by atoms with Crippen LogP contribution < -0.4 is 20.4 Å². The Morgan fingerprint density at radius 1 is 0.972 bits per heavy atom. The standard InChI is InChI=1S/C24H28N8O3S/c1-29-7-9-30(10-8-29)20-16-18(15-19-21(33)28-24(35)36-19)25-22(27-20)31-11-13-32(14-12-31)23(34)26-17-5-3-2-4-6-17/h2-6,15-16H,7-14H2,1H3,(H,26,34)(H,28,33,35)/b19-15+. The van der Waals surface area contributed by atoms with Crippen LogP contribution in [0.5, 0.6) is 0 Å². The van der Waals surface area contributed by atoms with E-state index in [0.717, 1.165) is 49.4 Å². The van der Waals surface area contributed by atoms with Crippen molar-refractivity contribution >= 4 is 52.5 Å². The summed E-state index contributed by atoms with van der Waals surface area (Å²) >= 11 is 0.872. The Kier molecular flexibility index (Phi) is 7.05. The Bertz CT molecular complexity index is 1180. The van der Waals surface area contributed by atoms with Crippen molar-refractivity contribution in [2.45, 2.75) is 0 Å². The van der Waals surface area contributed by atoms with Gasteiger partial charge in [-0.25, -0.2) is 9.78 Å². The van der Waals surface area contributed by atoms with Crippen LogP contribution in [-0.2, 0) is 4.79 Å². The molecule has 2 N–H and O–H groups in total. The van der Waals surface area contributed by atoms with Gasteiger partial charge in [0, 0.05) is 64.1 Å². The minimum atomic E-state index is -0.413. The summed E-state index contributed by atoms with van der Waals surface area (Å²) in [4.78, 5) is 54.6. The predicted molar refractivity (Wildman–Crippen MR) is 140 cm³/mol. The number of para-hydroxylation sites is 1. The van der Waals surface area contributed by atoms with Crippen LogP contribution in [0.2, 0.25) is 0 Å². The molecule has 0 unspecified atom stereocenters. The molecule has 0 saturated carbocycles. The van der Waals surface area contributed by atoms with Crippen LogP contribution in [0.15, 0.2) is 41.3 Å². The van der Waals surface area contributed by atoms with Crippen molar-refractivity contribution in [3.63, 3.8) is 0 Å². The highest BCUT2D eigenvalue weighted by molar-refractivity contribution is 8.18. The molecular formula is C24H28N8O3S. The number of thioether (sulfide) groups is 1. The minimum Gasteiger partial charge on any atom is -0.354 e. The molecule has 0 atom stereocenters. The Morgan fingerprint density at radius 3 is 2.33 bits per heavy atom. The van der Waals surface area contributed by atoms with E-state index in [1.54, 1.807) is 11.0 Å². The molecule has 11 nitrogen and oxygen atoms in total. The maximum atomic E-state index is 12.7. The first kappa shape index (κ1) is 24.1. The second kappa shape index (κ2) is 10.5. The molecule has 3 aliphatic rings. The number of hydrogen-bond acceptors (Lipinski definition) is 9. The summed E-state index contributed by atoms with van der Waals surface area (Å²) in [6.45, 7) is 5.76. The third-order valence-electron chi connectivity index (χ3n) is 6.34. The Hall–Kier alpha value is -3.64. The summed E-state index contributed by atoms with van der Waals surface area (Å²) in [5.74, 6) is 0.930. The Morgan fingerprint density at radius 2 is 1.67 bits per heavy atom. The molecule has 1 aromatic heterocycles. The lowest BCUT2D eigenvalue weighted by molar-refractivity contribution is -0.115. The van der Waals surface area contributed by atoms with Crippen molar-refractivity contribution in [1.82, 2.24) is 25.1 Å². The first-order valence-corrected chi connectivity index (χ1v) is 12.7. The van der Waals surface area contributed by atoms with E-state index in [1.165, 1.54) is 0 Å². The number of urea groups is 1. The number of amides is 4. The van der Waals surface area contributed by atoms with Crippen molar-refractivity contribution in [3.8, 4) is 0 Å². The molecule has 4 heterocycles. The number of rotatable bonds is 4. The summed E-state index contributed by atoms with van der Waals surface area (Å²) in [7, 11) is 2.10. The lowest BCUT2D eigenvalue weighted by Gasteiger charge is -2.36. The molecule has 3 saturated heterocycles. The molecule has 188 valence electrons. The summed E-state index contributed by atoms with van der Waals surface area (Å²) < 4.78 is 0. The second-order valence-electron chi connectivity index (χ2n) is 8.86. The van der Waals surface area contributed by atoms with Crippen molar-refractivity contribution in [3.05, 3.63) is 47.0 Å². The zero-order valence-corrected chi connectivity index (χ0v) is 20.8. The Balaban J connectivity index is 1.33. The number of aromatic nitrogens is 2. The highest BCUT2D eigenvalue weighted by Crippen LogP contribution is 2.27. The van der Waals surface area contributed by atoms with Crippen molar-refractivity contribution in [2.24, 2.45) is 0 Å². The lowest BCUT2D eigenvalue weighted by atomic mass is 10.2. The van der Waals surface area contributed by atoms with E-state index in [1.807, 2.05) is 36.4 Å². The number of hydrogen-bond donors (Lipinski definition) is 2. The molecule has 3 fully saturated rings. The van der Waals surface area contributed by atoms with Gasteiger partial charge in [0.05, 0.1) is 10.6 Å². The smallest absolute Gasteiger partial charge is 0.321 e. The van der Waals surface area contributed by atoms with Gasteiger partial charge in [0.2, 0.25) is 5.95 Å². The van der Waals surface area contributed by atoms with E-state index < -0.39 is 5.91 Å². The van der Waals surface area contributed by atoms with Crippen LogP contribution in [0.4, 0.5) is 27.0 Å². The number of nitrogens with one attached hydrogen (secondary N) is 2. The fraction of sp³-hybridized carbons (Fsp3) is 0.375. The number of benzene rings is 1. The molecule has 12 heteroatoms.